The Morgan fingerprint density at radius 1 is 1.10 bits per heavy atom. The number of H-pyrrole nitrogens is 1. The number of nitrogens with zero attached hydrogens (tertiary/aromatic N) is 3. The summed E-state index contributed by atoms with van der Waals surface area (Å²) in [5, 5.41) is 7.76. The van der Waals surface area contributed by atoms with Crippen LogP contribution >= 0.6 is 0 Å². The van der Waals surface area contributed by atoms with E-state index in [1.54, 1.807) is 10.6 Å². The first-order valence-electron chi connectivity index (χ1n) is 9.97. The van der Waals surface area contributed by atoms with Gasteiger partial charge in [0.2, 0.25) is 5.95 Å². The van der Waals surface area contributed by atoms with Crippen LogP contribution in [0.5, 0.6) is 0 Å². The number of benzene rings is 2. The molecule has 3 N–H and O–H groups in total. The summed E-state index contributed by atoms with van der Waals surface area (Å²) in [6, 6.07) is 19.7. The van der Waals surface area contributed by atoms with E-state index in [9.17, 15) is 4.79 Å². The van der Waals surface area contributed by atoms with Gasteiger partial charge in [0.05, 0.1) is 0 Å². The molecule has 0 fully saturated rings. The van der Waals surface area contributed by atoms with Crippen molar-refractivity contribution in [1.82, 2.24) is 19.9 Å². The van der Waals surface area contributed by atoms with Crippen LogP contribution in [0.1, 0.15) is 23.0 Å². The zero-order valence-electron chi connectivity index (χ0n) is 16.6. The van der Waals surface area contributed by atoms with E-state index in [1.165, 1.54) is 10.9 Å². The molecular weight excluding hydrogens is 376 g/mol. The molecule has 0 unspecified atom stereocenters. The van der Waals surface area contributed by atoms with Gasteiger partial charge in [0.1, 0.15) is 6.17 Å². The summed E-state index contributed by atoms with van der Waals surface area (Å²) in [6.07, 6.45) is 2.48. The lowest BCUT2D eigenvalue weighted by Crippen LogP contribution is -2.48. The average molecular weight is 398 g/mol. The predicted molar refractivity (Wildman–Crippen MR) is 119 cm³/mol. The summed E-state index contributed by atoms with van der Waals surface area (Å²) < 4.78 is 1.63. The van der Waals surface area contributed by atoms with Crippen molar-refractivity contribution in [3.05, 3.63) is 94.0 Å². The molecule has 2 aromatic heterocycles. The molecule has 0 amide bonds. The monoisotopic (exact) mass is 398 g/mol. The highest BCUT2D eigenvalue weighted by Crippen LogP contribution is 2.22. The lowest BCUT2D eigenvalue weighted by atomic mass is 10.1. The van der Waals surface area contributed by atoms with Gasteiger partial charge in [0.25, 0.3) is 5.56 Å². The predicted octanol–water partition coefficient (Wildman–Crippen LogP) is 3.19. The maximum Gasteiger partial charge on any atom is 0.257 e. The Kier molecular flexibility index (Phi) is 4.55. The van der Waals surface area contributed by atoms with E-state index >= 15 is 0 Å². The second-order valence-electron chi connectivity index (χ2n) is 7.35. The summed E-state index contributed by atoms with van der Waals surface area (Å²) in [6.45, 7) is 2.42. The fourth-order valence-electron chi connectivity index (χ4n) is 3.86. The van der Waals surface area contributed by atoms with E-state index in [0.29, 0.717) is 24.1 Å². The van der Waals surface area contributed by atoms with Gasteiger partial charge in [-0.2, -0.15) is 0 Å². The first-order valence-corrected chi connectivity index (χ1v) is 9.97. The number of aromatic amines is 1. The van der Waals surface area contributed by atoms with Crippen LogP contribution in [-0.2, 0) is 6.42 Å². The van der Waals surface area contributed by atoms with E-state index in [4.69, 9.17) is 4.99 Å². The van der Waals surface area contributed by atoms with Crippen LogP contribution < -0.4 is 16.2 Å². The Bertz CT molecular complexity index is 1290. The number of para-hydroxylation sites is 1. The Labute approximate surface area is 173 Å². The number of anilines is 1. The fourth-order valence-corrected chi connectivity index (χ4v) is 3.86. The lowest BCUT2D eigenvalue weighted by molar-refractivity contribution is 0.515. The van der Waals surface area contributed by atoms with Gasteiger partial charge in [0, 0.05) is 35.4 Å². The minimum Gasteiger partial charge on any atom is -0.361 e. The molecule has 5 rings (SSSR count). The van der Waals surface area contributed by atoms with Gasteiger partial charge in [-0.1, -0.05) is 48.5 Å². The van der Waals surface area contributed by atoms with Gasteiger partial charge in [-0.3, -0.25) is 19.7 Å². The number of aryl methyl sites for hydroxylation is 1. The van der Waals surface area contributed by atoms with Crippen molar-refractivity contribution in [2.45, 2.75) is 19.5 Å². The van der Waals surface area contributed by atoms with Gasteiger partial charge < -0.3 is 10.3 Å². The Morgan fingerprint density at radius 3 is 2.77 bits per heavy atom. The van der Waals surface area contributed by atoms with Gasteiger partial charge >= 0.3 is 0 Å². The zero-order chi connectivity index (χ0) is 20.5. The van der Waals surface area contributed by atoms with Crippen LogP contribution in [0, 0.1) is 6.92 Å². The van der Waals surface area contributed by atoms with Crippen LogP contribution in [-0.4, -0.2) is 27.0 Å². The van der Waals surface area contributed by atoms with Crippen molar-refractivity contribution in [3.8, 4) is 0 Å². The summed E-state index contributed by atoms with van der Waals surface area (Å²) in [5.41, 5.74) is 3.90. The maximum atomic E-state index is 12.7. The van der Waals surface area contributed by atoms with Gasteiger partial charge in [-0.05, 0) is 30.5 Å². The van der Waals surface area contributed by atoms with E-state index in [2.05, 4.69) is 32.7 Å². The summed E-state index contributed by atoms with van der Waals surface area (Å²) >= 11 is 0. The number of rotatable bonds is 4. The highest BCUT2D eigenvalue weighted by molar-refractivity contribution is 5.93. The standard InChI is InChI=1S/C23H22N6O/c1-15-13-20(30)29-21(16-7-3-2-4-8-16)27-22(28-23(29)26-15)24-12-11-17-14-25-19-10-6-5-9-18(17)19/h2-10,13-14,21,25H,11-12H2,1H3,(H2,24,26,27,28)/t21-/m0/s1. The number of nitrogens with one attached hydrogen (secondary N) is 3. The summed E-state index contributed by atoms with van der Waals surface area (Å²) in [4.78, 5) is 25.2. The van der Waals surface area contributed by atoms with Crippen LogP contribution in [0.2, 0.25) is 0 Å². The number of hydrogen-bond donors (Lipinski definition) is 3. The largest absolute Gasteiger partial charge is 0.361 e. The first-order chi connectivity index (χ1) is 14.7. The molecule has 2 aromatic carbocycles. The molecule has 1 aliphatic rings. The number of aromatic nitrogens is 3. The van der Waals surface area contributed by atoms with Crippen molar-refractivity contribution in [2.24, 2.45) is 4.99 Å². The van der Waals surface area contributed by atoms with E-state index in [1.807, 2.05) is 55.6 Å². The Balaban J connectivity index is 1.44. The molecule has 150 valence electrons. The molecule has 0 spiro atoms. The third-order valence-electron chi connectivity index (χ3n) is 5.28. The van der Waals surface area contributed by atoms with Crippen LogP contribution in [0.3, 0.4) is 0 Å². The summed E-state index contributed by atoms with van der Waals surface area (Å²) in [5.74, 6) is 1.11. The van der Waals surface area contributed by atoms with Crippen molar-refractivity contribution in [3.63, 3.8) is 0 Å². The molecule has 30 heavy (non-hydrogen) atoms. The first kappa shape index (κ1) is 18.2. The van der Waals surface area contributed by atoms with Gasteiger partial charge in [-0.25, -0.2) is 4.98 Å². The number of aliphatic imine (C=N–C) groups is 1. The third kappa shape index (κ3) is 3.34. The minimum atomic E-state index is -0.366. The molecule has 0 aliphatic carbocycles. The van der Waals surface area contributed by atoms with Gasteiger partial charge in [-0.15, -0.1) is 0 Å². The summed E-state index contributed by atoms with van der Waals surface area (Å²) in [7, 11) is 0. The molecule has 7 heteroatoms. The van der Waals surface area contributed by atoms with Crippen molar-refractivity contribution < 1.29 is 0 Å². The highest BCUT2D eigenvalue weighted by atomic mass is 16.1. The third-order valence-corrected chi connectivity index (χ3v) is 5.28. The number of hydrogen-bond acceptors (Lipinski definition) is 3. The number of guanidine groups is 1. The van der Waals surface area contributed by atoms with Gasteiger partial charge in [0.15, 0.2) is 5.96 Å². The van der Waals surface area contributed by atoms with E-state index in [0.717, 1.165) is 17.5 Å². The molecular formula is C23H22N6O. The smallest absolute Gasteiger partial charge is 0.257 e. The van der Waals surface area contributed by atoms with Crippen LogP contribution in [0.25, 0.3) is 10.9 Å². The van der Waals surface area contributed by atoms with Crippen molar-refractivity contribution in [2.75, 3.05) is 11.9 Å². The average Bonchev–Trinajstić information content (AvgIpc) is 3.17. The second kappa shape index (κ2) is 7.51. The quantitative estimate of drug-likeness (QED) is 0.493. The normalized spacial score (nSPS) is 16.8. The molecule has 0 radical (unpaired) electrons. The SMILES string of the molecule is Cc1cc(=O)n2c(n1)NC(=NCCc1c[nH]c3ccccc13)N[C@@H]2c1ccccc1. The molecule has 1 aliphatic heterocycles. The Morgan fingerprint density at radius 2 is 1.90 bits per heavy atom. The van der Waals surface area contributed by atoms with Crippen LogP contribution in [0.4, 0.5) is 5.95 Å². The number of fused-ring (bicyclic) bond motifs is 2. The zero-order valence-corrected chi connectivity index (χ0v) is 16.6. The van der Waals surface area contributed by atoms with E-state index in [-0.39, 0.29) is 11.7 Å². The lowest BCUT2D eigenvalue weighted by Gasteiger charge is -2.31. The van der Waals surface area contributed by atoms with Crippen LogP contribution in [0.15, 0.2) is 76.6 Å². The maximum absolute atomic E-state index is 12.7. The minimum absolute atomic E-state index is 0.107. The Hall–Kier alpha value is -3.87. The highest BCUT2D eigenvalue weighted by Gasteiger charge is 2.26. The molecule has 3 heterocycles. The second-order valence-corrected chi connectivity index (χ2v) is 7.35. The van der Waals surface area contributed by atoms with Crippen molar-refractivity contribution >= 4 is 22.8 Å². The van der Waals surface area contributed by atoms with Crippen molar-refractivity contribution in [1.29, 1.82) is 0 Å². The topological polar surface area (TPSA) is 87.1 Å². The molecule has 0 saturated carbocycles. The molecule has 7 nitrogen and oxygen atoms in total. The van der Waals surface area contributed by atoms with E-state index < -0.39 is 0 Å². The molecule has 1 atom stereocenters. The fraction of sp³-hybridized carbons (Fsp3) is 0.174. The molecule has 4 aromatic rings. The molecule has 0 saturated heterocycles. The molecule has 0 bridgehead atoms.